The lowest BCUT2D eigenvalue weighted by molar-refractivity contribution is -0.140. The fraction of sp³-hybridized carbons (Fsp3) is 0.462. The van der Waals surface area contributed by atoms with Gasteiger partial charge in [0.1, 0.15) is 5.75 Å². The molecular weight excluding hydrogens is 268 g/mol. The molecule has 104 valence electrons. The van der Waals surface area contributed by atoms with Gasteiger partial charge in [0.2, 0.25) is 0 Å². The number of methoxy groups -OCH3 is 2. The van der Waals surface area contributed by atoms with Gasteiger partial charge in [0.25, 0.3) is 0 Å². The van der Waals surface area contributed by atoms with Gasteiger partial charge in [0, 0.05) is 0 Å². The second kappa shape index (κ2) is 5.21. The molecule has 1 fully saturated rings. The minimum absolute atomic E-state index is 0.0918. The Labute approximate surface area is 112 Å². The van der Waals surface area contributed by atoms with Gasteiger partial charge in [-0.25, -0.2) is 8.42 Å². The Morgan fingerprint density at radius 3 is 2.53 bits per heavy atom. The predicted molar refractivity (Wildman–Crippen MR) is 68.7 cm³/mol. The smallest absolute Gasteiger partial charge is 0.324 e. The van der Waals surface area contributed by atoms with Crippen molar-refractivity contribution in [3.8, 4) is 5.75 Å². The van der Waals surface area contributed by atoms with Crippen LogP contribution in [0.1, 0.15) is 12.8 Å². The third-order valence-electron chi connectivity index (χ3n) is 3.19. The van der Waals surface area contributed by atoms with Crippen LogP contribution < -0.4 is 4.74 Å². The molecule has 1 aromatic rings. The number of hydrogen-bond donors (Lipinski definition) is 0. The zero-order chi connectivity index (χ0) is 14.0. The van der Waals surface area contributed by atoms with Gasteiger partial charge in [0.15, 0.2) is 15.1 Å². The Bertz CT molecular complexity index is 574. The summed E-state index contributed by atoms with van der Waals surface area (Å²) in [4.78, 5) is 11.8. The van der Waals surface area contributed by atoms with Crippen LogP contribution in [-0.2, 0) is 19.4 Å². The van der Waals surface area contributed by atoms with Gasteiger partial charge in [-0.2, -0.15) is 0 Å². The molecule has 2 rings (SSSR count). The highest BCUT2D eigenvalue weighted by atomic mass is 32.2. The molecule has 1 aromatic carbocycles. The van der Waals surface area contributed by atoms with E-state index in [0.717, 1.165) is 12.8 Å². The summed E-state index contributed by atoms with van der Waals surface area (Å²) in [6, 6.07) is 6.14. The first-order valence-electron chi connectivity index (χ1n) is 5.96. The molecule has 1 unspecified atom stereocenters. The van der Waals surface area contributed by atoms with Crippen molar-refractivity contribution in [2.75, 3.05) is 14.2 Å². The fourth-order valence-corrected chi connectivity index (χ4v) is 3.98. The average Bonchev–Trinajstić information content (AvgIpc) is 3.23. The Morgan fingerprint density at radius 2 is 2.00 bits per heavy atom. The molecule has 0 aliphatic heterocycles. The largest absolute Gasteiger partial charge is 0.497 e. The number of esters is 1. The molecule has 1 aliphatic carbocycles. The molecule has 1 aliphatic rings. The van der Waals surface area contributed by atoms with E-state index in [1.165, 1.54) is 26.4 Å². The van der Waals surface area contributed by atoms with Crippen LogP contribution in [0.3, 0.4) is 0 Å². The third kappa shape index (κ3) is 2.73. The van der Waals surface area contributed by atoms with Crippen molar-refractivity contribution < 1.29 is 22.7 Å². The van der Waals surface area contributed by atoms with Crippen LogP contribution >= 0.6 is 0 Å². The quantitative estimate of drug-likeness (QED) is 0.765. The lowest BCUT2D eigenvalue weighted by Crippen LogP contribution is -2.33. The highest BCUT2D eigenvalue weighted by molar-refractivity contribution is 7.92. The highest BCUT2D eigenvalue weighted by Crippen LogP contribution is 2.39. The van der Waals surface area contributed by atoms with E-state index < -0.39 is 21.1 Å². The number of hydrogen-bond acceptors (Lipinski definition) is 5. The maximum Gasteiger partial charge on any atom is 0.324 e. The Hall–Kier alpha value is -1.56. The number of carbonyl (C=O) groups is 1. The zero-order valence-electron chi connectivity index (χ0n) is 10.8. The molecule has 0 amide bonds. The van der Waals surface area contributed by atoms with Crippen molar-refractivity contribution in [2.24, 2.45) is 5.92 Å². The Balaban J connectivity index is 2.41. The van der Waals surface area contributed by atoms with Crippen molar-refractivity contribution in [1.29, 1.82) is 0 Å². The van der Waals surface area contributed by atoms with Gasteiger partial charge in [-0.1, -0.05) is 6.07 Å². The number of carbonyl (C=O) groups excluding carboxylic acids is 1. The lowest BCUT2D eigenvalue weighted by Gasteiger charge is -2.15. The average molecular weight is 284 g/mol. The van der Waals surface area contributed by atoms with Gasteiger partial charge >= 0.3 is 5.97 Å². The molecular formula is C13H16O5S. The topological polar surface area (TPSA) is 69.7 Å². The molecule has 0 bridgehead atoms. The molecule has 6 heteroatoms. The van der Waals surface area contributed by atoms with Crippen LogP contribution in [0, 0.1) is 5.92 Å². The SMILES string of the molecule is COC(=O)C(C1CC1)S(=O)(=O)c1cccc(OC)c1. The third-order valence-corrected chi connectivity index (χ3v) is 5.34. The summed E-state index contributed by atoms with van der Waals surface area (Å²) < 4.78 is 34.7. The van der Waals surface area contributed by atoms with Crippen LogP contribution in [-0.4, -0.2) is 33.9 Å². The molecule has 1 atom stereocenters. The molecule has 19 heavy (non-hydrogen) atoms. The number of benzene rings is 1. The van der Waals surface area contributed by atoms with Gasteiger partial charge in [0.05, 0.1) is 19.1 Å². The van der Waals surface area contributed by atoms with Gasteiger partial charge in [-0.05, 0) is 37.0 Å². The Morgan fingerprint density at radius 1 is 1.32 bits per heavy atom. The summed E-state index contributed by atoms with van der Waals surface area (Å²) in [6.07, 6.45) is 1.48. The first kappa shape index (κ1) is 13.9. The van der Waals surface area contributed by atoms with Crippen molar-refractivity contribution in [1.82, 2.24) is 0 Å². The Kier molecular flexibility index (Phi) is 3.80. The lowest BCUT2D eigenvalue weighted by atomic mass is 10.3. The second-order valence-electron chi connectivity index (χ2n) is 4.51. The molecule has 0 heterocycles. The van der Waals surface area contributed by atoms with E-state index in [0.29, 0.717) is 5.75 Å². The number of rotatable bonds is 5. The molecule has 0 radical (unpaired) electrons. The zero-order valence-corrected chi connectivity index (χ0v) is 11.6. The highest BCUT2D eigenvalue weighted by Gasteiger charge is 2.46. The molecule has 0 saturated heterocycles. The first-order valence-corrected chi connectivity index (χ1v) is 7.51. The van der Waals surface area contributed by atoms with Crippen LogP contribution in [0.15, 0.2) is 29.2 Å². The second-order valence-corrected chi connectivity index (χ2v) is 6.57. The van der Waals surface area contributed by atoms with E-state index in [4.69, 9.17) is 4.74 Å². The molecule has 0 N–H and O–H groups in total. The van der Waals surface area contributed by atoms with E-state index in [9.17, 15) is 13.2 Å². The van der Waals surface area contributed by atoms with E-state index in [2.05, 4.69) is 4.74 Å². The summed E-state index contributed by atoms with van der Waals surface area (Å²) in [5.74, 6) is -0.380. The van der Waals surface area contributed by atoms with Crippen molar-refractivity contribution in [3.05, 3.63) is 24.3 Å². The molecule has 5 nitrogen and oxygen atoms in total. The van der Waals surface area contributed by atoms with Crippen LogP contribution in [0.2, 0.25) is 0 Å². The number of sulfone groups is 1. The first-order chi connectivity index (χ1) is 9.00. The van der Waals surface area contributed by atoms with Crippen LogP contribution in [0.5, 0.6) is 5.75 Å². The van der Waals surface area contributed by atoms with Gasteiger partial charge in [-0.15, -0.1) is 0 Å². The van der Waals surface area contributed by atoms with Gasteiger partial charge in [-0.3, -0.25) is 4.79 Å². The van der Waals surface area contributed by atoms with E-state index in [-0.39, 0.29) is 10.8 Å². The standard InChI is InChI=1S/C13H16O5S/c1-17-10-4-3-5-11(8-10)19(15,16)12(9-6-7-9)13(14)18-2/h3-5,8-9,12H,6-7H2,1-2H3. The molecule has 0 spiro atoms. The summed E-state index contributed by atoms with van der Waals surface area (Å²) in [5.41, 5.74) is 0. The van der Waals surface area contributed by atoms with E-state index >= 15 is 0 Å². The molecule has 0 aromatic heterocycles. The van der Waals surface area contributed by atoms with E-state index in [1.807, 2.05) is 0 Å². The van der Waals surface area contributed by atoms with Gasteiger partial charge < -0.3 is 9.47 Å². The predicted octanol–water partition coefficient (Wildman–Crippen LogP) is 1.42. The van der Waals surface area contributed by atoms with Crippen molar-refractivity contribution in [2.45, 2.75) is 23.0 Å². The normalized spacial score (nSPS) is 16.7. The van der Waals surface area contributed by atoms with Crippen LogP contribution in [0.4, 0.5) is 0 Å². The molecule has 1 saturated carbocycles. The summed E-state index contributed by atoms with van der Waals surface area (Å²) in [6.45, 7) is 0. The van der Waals surface area contributed by atoms with E-state index in [1.54, 1.807) is 12.1 Å². The summed E-state index contributed by atoms with van der Waals surface area (Å²) in [7, 11) is -1.07. The monoisotopic (exact) mass is 284 g/mol. The maximum atomic E-state index is 12.5. The van der Waals surface area contributed by atoms with Crippen LogP contribution in [0.25, 0.3) is 0 Å². The maximum absolute atomic E-state index is 12.5. The van der Waals surface area contributed by atoms with Crippen molar-refractivity contribution >= 4 is 15.8 Å². The summed E-state index contributed by atoms with van der Waals surface area (Å²) in [5, 5.41) is -1.11. The minimum atomic E-state index is -3.74. The van der Waals surface area contributed by atoms with Crippen molar-refractivity contribution in [3.63, 3.8) is 0 Å². The fourth-order valence-electron chi connectivity index (χ4n) is 2.01. The summed E-state index contributed by atoms with van der Waals surface area (Å²) >= 11 is 0. The number of ether oxygens (including phenoxy) is 2. The minimum Gasteiger partial charge on any atom is -0.497 e.